The Morgan fingerprint density at radius 2 is 1.95 bits per heavy atom. The zero-order chi connectivity index (χ0) is 14.2. The third kappa shape index (κ3) is 2.72. The third-order valence-corrected chi connectivity index (χ3v) is 4.67. The van der Waals surface area contributed by atoms with Gasteiger partial charge in [0.1, 0.15) is 11.6 Å². The van der Waals surface area contributed by atoms with Crippen LogP contribution >= 0.6 is 0 Å². The maximum atomic E-state index is 13.8. The van der Waals surface area contributed by atoms with Crippen LogP contribution in [0, 0.1) is 24.6 Å². The summed E-state index contributed by atoms with van der Waals surface area (Å²) < 4.78 is 13.8. The highest BCUT2D eigenvalue weighted by molar-refractivity contribution is 5.83. The number of Topliss-reactive ketones (excluding diaryl/α,β-unsaturated/α-hetero) is 1. The van der Waals surface area contributed by atoms with Gasteiger partial charge in [-0.3, -0.25) is 4.79 Å². The first-order valence-electron chi connectivity index (χ1n) is 7.11. The molecule has 0 N–H and O–H groups in total. The molecule has 0 aromatic heterocycles. The van der Waals surface area contributed by atoms with Gasteiger partial charge >= 0.3 is 0 Å². The van der Waals surface area contributed by atoms with Crippen molar-refractivity contribution in [2.45, 2.75) is 52.4 Å². The molecule has 0 heterocycles. The highest BCUT2D eigenvalue weighted by Gasteiger charge is 2.39. The normalized spacial score (nSPS) is 24.6. The van der Waals surface area contributed by atoms with Gasteiger partial charge in [0.25, 0.3) is 0 Å². The summed E-state index contributed by atoms with van der Waals surface area (Å²) in [6.07, 6.45) is 2.68. The molecule has 0 spiro atoms. The number of hydrogen-bond donors (Lipinski definition) is 0. The summed E-state index contributed by atoms with van der Waals surface area (Å²) in [5.41, 5.74) is 1.30. The number of carbonyl (C=O) groups excluding carboxylic acids is 1. The molecule has 1 nitrogen and oxygen atoms in total. The van der Waals surface area contributed by atoms with E-state index in [0.717, 1.165) is 18.4 Å². The molecule has 0 saturated heterocycles. The van der Waals surface area contributed by atoms with E-state index in [1.165, 1.54) is 0 Å². The van der Waals surface area contributed by atoms with Crippen LogP contribution in [0.25, 0.3) is 0 Å². The fourth-order valence-corrected chi connectivity index (χ4v) is 3.16. The number of ketones is 1. The van der Waals surface area contributed by atoms with Crippen molar-refractivity contribution in [3.05, 3.63) is 35.1 Å². The summed E-state index contributed by atoms with van der Waals surface area (Å²) in [6, 6.07) is 5.37. The van der Waals surface area contributed by atoms with Crippen LogP contribution in [-0.4, -0.2) is 5.78 Å². The van der Waals surface area contributed by atoms with E-state index in [-0.39, 0.29) is 17.2 Å². The Bertz CT molecular complexity index is 490. The minimum absolute atomic E-state index is 0.0193. The Balaban J connectivity index is 2.30. The van der Waals surface area contributed by atoms with Crippen molar-refractivity contribution in [1.29, 1.82) is 0 Å². The Kier molecular flexibility index (Phi) is 3.80. The number of carbonyl (C=O) groups is 1. The van der Waals surface area contributed by atoms with E-state index in [1.807, 2.05) is 12.1 Å². The molecule has 1 saturated carbocycles. The second-order valence-electron chi connectivity index (χ2n) is 6.59. The number of halogens is 1. The number of aryl methyl sites for hydroxylation is 1. The zero-order valence-corrected chi connectivity index (χ0v) is 12.3. The first-order chi connectivity index (χ1) is 8.82. The van der Waals surface area contributed by atoms with Crippen molar-refractivity contribution in [2.24, 2.45) is 11.8 Å². The number of hydrogen-bond acceptors (Lipinski definition) is 1. The van der Waals surface area contributed by atoms with Gasteiger partial charge in [-0.05, 0) is 48.3 Å². The van der Waals surface area contributed by atoms with Gasteiger partial charge in [-0.15, -0.1) is 0 Å². The minimum atomic E-state index is -0.286. The van der Waals surface area contributed by atoms with Gasteiger partial charge in [0, 0.05) is 12.3 Å². The summed E-state index contributed by atoms with van der Waals surface area (Å²) in [5, 5.41) is 0. The van der Waals surface area contributed by atoms with E-state index in [2.05, 4.69) is 20.8 Å². The number of benzene rings is 1. The molecule has 2 unspecified atom stereocenters. The first kappa shape index (κ1) is 14.2. The van der Waals surface area contributed by atoms with E-state index in [0.29, 0.717) is 23.7 Å². The average molecular weight is 262 g/mol. The van der Waals surface area contributed by atoms with Crippen LogP contribution < -0.4 is 0 Å². The predicted octanol–water partition coefficient (Wildman–Crippen LogP) is 4.42. The smallest absolute Gasteiger partial charge is 0.137 e. The Morgan fingerprint density at radius 1 is 1.26 bits per heavy atom. The lowest BCUT2D eigenvalue weighted by atomic mass is 9.65. The van der Waals surface area contributed by atoms with Crippen molar-refractivity contribution >= 4 is 5.78 Å². The largest absolute Gasteiger partial charge is 0.299 e. The fraction of sp³-hybridized carbons (Fsp3) is 0.588. The maximum Gasteiger partial charge on any atom is 0.137 e. The van der Waals surface area contributed by atoms with Gasteiger partial charge in [-0.2, -0.15) is 0 Å². The molecule has 19 heavy (non-hydrogen) atoms. The highest BCUT2D eigenvalue weighted by atomic mass is 19.1. The molecule has 1 aliphatic rings. The van der Waals surface area contributed by atoms with Gasteiger partial charge in [0.05, 0.1) is 0 Å². The van der Waals surface area contributed by atoms with Crippen LogP contribution in [0.2, 0.25) is 0 Å². The molecular weight excluding hydrogens is 239 g/mol. The molecule has 0 bridgehead atoms. The summed E-state index contributed by atoms with van der Waals surface area (Å²) in [6.45, 7) is 8.03. The Morgan fingerprint density at radius 3 is 2.53 bits per heavy atom. The van der Waals surface area contributed by atoms with E-state index < -0.39 is 0 Å². The van der Waals surface area contributed by atoms with Gasteiger partial charge < -0.3 is 0 Å². The molecule has 104 valence electrons. The second-order valence-corrected chi connectivity index (χ2v) is 6.59. The quantitative estimate of drug-likeness (QED) is 0.771. The first-order valence-corrected chi connectivity index (χ1v) is 7.11. The summed E-state index contributed by atoms with van der Waals surface area (Å²) in [5.74, 6) is 0.673. The van der Waals surface area contributed by atoms with Gasteiger partial charge in [0.2, 0.25) is 0 Å². The molecule has 0 aliphatic heterocycles. The maximum absolute atomic E-state index is 13.8. The van der Waals surface area contributed by atoms with Crippen LogP contribution in [-0.2, 0) is 10.2 Å². The summed E-state index contributed by atoms with van der Waals surface area (Å²) in [7, 11) is 0. The standard InChI is InChI=1S/C17H23FO/c1-11-5-8-14(16(19)9-11)17(3,4)13-7-6-12(2)15(18)10-13/h6-7,10-11,14H,5,8-9H2,1-4H3. The monoisotopic (exact) mass is 262 g/mol. The molecule has 1 aromatic carbocycles. The van der Waals surface area contributed by atoms with Crippen LogP contribution in [0.1, 0.15) is 51.2 Å². The van der Waals surface area contributed by atoms with Crippen molar-refractivity contribution < 1.29 is 9.18 Å². The van der Waals surface area contributed by atoms with Crippen LogP contribution in [0.3, 0.4) is 0 Å². The second kappa shape index (κ2) is 5.07. The minimum Gasteiger partial charge on any atom is -0.299 e. The topological polar surface area (TPSA) is 17.1 Å². The van der Waals surface area contributed by atoms with E-state index in [9.17, 15) is 9.18 Å². The summed E-state index contributed by atoms with van der Waals surface area (Å²) >= 11 is 0. The van der Waals surface area contributed by atoms with Crippen molar-refractivity contribution in [1.82, 2.24) is 0 Å². The lowest BCUT2D eigenvalue weighted by Gasteiger charge is -2.38. The fourth-order valence-electron chi connectivity index (χ4n) is 3.16. The average Bonchev–Trinajstić information content (AvgIpc) is 2.32. The molecule has 2 heteroatoms. The molecule has 1 fully saturated rings. The molecular formula is C17H23FO. The van der Waals surface area contributed by atoms with E-state index >= 15 is 0 Å². The highest BCUT2D eigenvalue weighted by Crippen LogP contribution is 2.40. The lowest BCUT2D eigenvalue weighted by Crippen LogP contribution is -2.38. The van der Waals surface area contributed by atoms with Crippen molar-refractivity contribution in [3.63, 3.8) is 0 Å². The van der Waals surface area contributed by atoms with Gasteiger partial charge in [-0.1, -0.05) is 32.9 Å². The van der Waals surface area contributed by atoms with Crippen LogP contribution in [0.15, 0.2) is 18.2 Å². The molecule has 2 atom stereocenters. The third-order valence-electron chi connectivity index (χ3n) is 4.67. The molecule has 1 aromatic rings. The van der Waals surface area contributed by atoms with E-state index in [1.54, 1.807) is 13.0 Å². The van der Waals surface area contributed by atoms with Gasteiger partial charge in [-0.25, -0.2) is 4.39 Å². The van der Waals surface area contributed by atoms with Crippen molar-refractivity contribution in [2.75, 3.05) is 0 Å². The van der Waals surface area contributed by atoms with Crippen LogP contribution in [0.5, 0.6) is 0 Å². The number of rotatable bonds is 2. The SMILES string of the molecule is Cc1ccc(C(C)(C)C2CCC(C)CC2=O)cc1F. The Hall–Kier alpha value is -1.18. The molecule has 1 aliphatic carbocycles. The van der Waals surface area contributed by atoms with Crippen LogP contribution in [0.4, 0.5) is 4.39 Å². The molecule has 2 rings (SSSR count). The Labute approximate surface area is 115 Å². The van der Waals surface area contributed by atoms with E-state index in [4.69, 9.17) is 0 Å². The molecule has 0 radical (unpaired) electrons. The lowest BCUT2D eigenvalue weighted by molar-refractivity contribution is -0.128. The zero-order valence-electron chi connectivity index (χ0n) is 12.3. The van der Waals surface area contributed by atoms with Gasteiger partial charge in [0.15, 0.2) is 0 Å². The molecule has 0 amide bonds. The summed E-state index contributed by atoms with van der Waals surface area (Å²) in [4.78, 5) is 12.3. The van der Waals surface area contributed by atoms with Crippen molar-refractivity contribution in [3.8, 4) is 0 Å². The predicted molar refractivity (Wildman–Crippen MR) is 75.7 cm³/mol.